The number of para-hydroxylation sites is 2. The van der Waals surface area contributed by atoms with Gasteiger partial charge >= 0.3 is 0 Å². The molecule has 1 amide bonds. The fourth-order valence-corrected chi connectivity index (χ4v) is 4.29. The predicted molar refractivity (Wildman–Crippen MR) is 106 cm³/mol. The van der Waals surface area contributed by atoms with Gasteiger partial charge in [-0.2, -0.15) is 0 Å². The van der Waals surface area contributed by atoms with Crippen molar-refractivity contribution in [1.29, 1.82) is 0 Å². The van der Waals surface area contributed by atoms with E-state index in [2.05, 4.69) is 28.6 Å². The Morgan fingerprint density at radius 3 is 2.27 bits per heavy atom. The summed E-state index contributed by atoms with van der Waals surface area (Å²) in [5, 5.41) is 0.886. The minimum absolute atomic E-state index is 0.0856. The molecule has 0 bridgehead atoms. The van der Waals surface area contributed by atoms with Crippen molar-refractivity contribution < 1.29 is 4.79 Å². The summed E-state index contributed by atoms with van der Waals surface area (Å²) < 4.78 is 2.06. The zero-order chi connectivity index (χ0) is 17.9. The number of rotatable bonds is 4. The van der Waals surface area contributed by atoms with Gasteiger partial charge in [-0.3, -0.25) is 9.69 Å². The Bertz CT molecular complexity index is 887. The first-order valence-corrected chi connectivity index (χ1v) is 9.89. The van der Waals surface area contributed by atoms with Gasteiger partial charge < -0.3 is 4.57 Å². The number of imidazole rings is 1. The molecular formula is C21H21N3OS. The molecular weight excluding hydrogens is 342 g/mol. The van der Waals surface area contributed by atoms with E-state index in [1.807, 2.05) is 47.5 Å². The first kappa shape index (κ1) is 16.9. The number of hydrogen-bond acceptors (Lipinski definition) is 3. The highest BCUT2D eigenvalue weighted by molar-refractivity contribution is 7.99. The van der Waals surface area contributed by atoms with Gasteiger partial charge in [0.05, 0.1) is 17.1 Å². The minimum Gasteiger partial charge on any atom is -0.326 e. The predicted octanol–water partition coefficient (Wildman–Crippen LogP) is 4.46. The van der Waals surface area contributed by atoms with Crippen molar-refractivity contribution in [2.75, 3.05) is 10.7 Å². The topological polar surface area (TPSA) is 38.1 Å². The number of thioether (sulfide) groups is 1. The zero-order valence-corrected chi connectivity index (χ0v) is 15.6. The van der Waals surface area contributed by atoms with Crippen LogP contribution in [0.15, 0.2) is 66.1 Å². The Kier molecular flexibility index (Phi) is 4.80. The summed E-state index contributed by atoms with van der Waals surface area (Å²) in [6.45, 7) is 2.93. The summed E-state index contributed by atoms with van der Waals surface area (Å²) in [7, 11) is 0. The average molecular weight is 363 g/mol. The molecule has 0 fully saturated rings. The first-order chi connectivity index (χ1) is 12.8. The Morgan fingerprint density at radius 2 is 1.65 bits per heavy atom. The summed E-state index contributed by atoms with van der Waals surface area (Å²) in [5.41, 5.74) is 4.44. The van der Waals surface area contributed by atoms with E-state index >= 15 is 0 Å². The van der Waals surface area contributed by atoms with Crippen molar-refractivity contribution in [2.24, 2.45) is 0 Å². The summed E-state index contributed by atoms with van der Waals surface area (Å²) in [6, 6.07) is 16.4. The summed E-state index contributed by atoms with van der Waals surface area (Å²) in [5.74, 6) is 0.446. The second-order valence-corrected chi connectivity index (χ2v) is 7.21. The number of fused-ring (bicyclic) bond motifs is 2. The molecule has 132 valence electrons. The van der Waals surface area contributed by atoms with Crippen LogP contribution in [0.5, 0.6) is 0 Å². The third-order valence-corrected chi connectivity index (χ3v) is 5.71. The van der Waals surface area contributed by atoms with Gasteiger partial charge in [-0.05, 0) is 43.0 Å². The van der Waals surface area contributed by atoms with Crippen LogP contribution in [-0.2, 0) is 24.2 Å². The van der Waals surface area contributed by atoms with Crippen molar-refractivity contribution in [1.82, 2.24) is 9.55 Å². The van der Waals surface area contributed by atoms with Crippen molar-refractivity contribution in [3.8, 4) is 0 Å². The van der Waals surface area contributed by atoms with E-state index in [9.17, 15) is 4.79 Å². The Hall–Kier alpha value is -2.53. The van der Waals surface area contributed by atoms with E-state index in [1.54, 1.807) is 6.20 Å². The molecule has 5 heteroatoms. The molecule has 4 rings (SSSR count). The molecule has 0 spiro atoms. The monoisotopic (exact) mass is 363 g/mol. The number of aryl methyl sites for hydroxylation is 3. The minimum atomic E-state index is 0.0856. The number of nitrogens with zero attached hydrogens (tertiary/aromatic N) is 3. The molecule has 0 N–H and O–H groups in total. The number of benzene rings is 2. The first-order valence-electron chi connectivity index (χ1n) is 8.90. The van der Waals surface area contributed by atoms with Crippen LogP contribution in [0, 0.1) is 0 Å². The lowest BCUT2D eigenvalue weighted by atomic mass is 10.0. The molecule has 1 aromatic heterocycles. The molecule has 4 nitrogen and oxygen atoms in total. The molecule has 2 heterocycles. The van der Waals surface area contributed by atoms with Gasteiger partial charge in [0.2, 0.25) is 5.91 Å². The molecule has 2 aromatic carbocycles. The molecule has 1 aliphatic rings. The molecule has 26 heavy (non-hydrogen) atoms. The lowest BCUT2D eigenvalue weighted by Gasteiger charge is -2.25. The smallest absolute Gasteiger partial charge is 0.242 e. The Morgan fingerprint density at radius 1 is 1.04 bits per heavy atom. The second-order valence-electron chi connectivity index (χ2n) is 6.27. The van der Waals surface area contributed by atoms with Gasteiger partial charge in [0.15, 0.2) is 5.16 Å². The van der Waals surface area contributed by atoms with Crippen LogP contribution in [0.3, 0.4) is 0 Å². The molecule has 0 aliphatic carbocycles. The number of carbonyl (C=O) groups is 1. The van der Waals surface area contributed by atoms with E-state index < -0.39 is 0 Å². The molecule has 0 saturated heterocycles. The number of amides is 1. The number of anilines is 2. The number of hydrogen-bond donors (Lipinski definition) is 0. The fourth-order valence-electron chi connectivity index (χ4n) is 3.42. The Balaban J connectivity index is 1.67. The fraction of sp³-hybridized carbons (Fsp3) is 0.238. The summed E-state index contributed by atoms with van der Waals surface area (Å²) in [6.07, 6.45) is 5.63. The highest BCUT2D eigenvalue weighted by Gasteiger charge is 2.25. The summed E-state index contributed by atoms with van der Waals surface area (Å²) >= 11 is 1.50. The van der Waals surface area contributed by atoms with Crippen LogP contribution in [0.2, 0.25) is 0 Å². The lowest BCUT2D eigenvalue weighted by molar-refractivity contribution is -0.115. The molecule has 0 radical (unpaired) electrons. The van der Waals surface area contributed by atoms with Crippen LogP contribution in [-0.4, -0.2) is 21.2 Å². The normalized spacial score (nSPS) is 13.0. The largest absolute Gasteiger partial charge is 0.326 e. The van der Waals surface area contributed by atoms with Gasteiger partial charge in [-0.1, -0.05) is 48.2 Å². The molecule has 0 atom stereocenters. The molecule has 1 aliphatic heterocycles. The van der Waals surface area contributed by atoms with Gasteiger partial charge in [-0.15, -0.1) is 0 Å². The van der Waals surface area contributed by atoms with Crippen molar-refractivity contribution in [3.63, 3.8) is 0 Å². The van der Waals surface area contributed by atoms with Gasteiger partial charge in [0.1, 0.15) is 0 Å². The standard InChI is InChI=1S/C21H21N3OS/c1-2-23-14-13-22-21(23)26-15-20(25)24-18-9-5-3-7-16(18)11-12-17-8-4-6-10-19(17)24/h3-10,13-14H,2,11-12,15H2,1H3. The van der Waals surface area contributed by atoms with Crippen molar-refractivity contribution in [3.05, 3.63) is 72.1 Å². The molecule has 0 saturated carbocycles. The van der Waals surface area contributed by atoms with E-state index in [4.69, 9.17) is 0 Å². The summed E-state index contributed by atoms with van der Waals surface area (Å²) in [4.78, 5) is 19.5. The Labute approximate surface area is 157 Å². The van der Waals surface area contributed by atoms with Crippen LogP contribution < -0.4 is 4.90 Å². The highest BCUT2D eigenvalue weighted by Crippen LogP contribution is 2.36. The molecule has 0 unspecified atom stereocenters. The van der Waals surface area contributed by atoms with Gasteiger partial charge in [-0.25, -0.2) is 4.98 Å². The van der Waals surface area contributed by atoms with Crippen LogP contribution in [0.4, 0.5) is 11.4 Å². The quantitative estimate of drug-likeness (QED) is 0.643. The average Bonchev–Trinajstić information content (AvgIpc) is 3.07. The molecule has 3 aromatic rings. The number of carbonyl (C=O) groups excluding carboxylic acids is 1. The highest BCUT2D eigenvalue weighted by atomic mass is 32.2. The van der Waals surface area contributed by atoms with E-state index in [1.165, 1.54) is 22.9 Å². The third-order valence-electron chi connectivity index (χ3n) is 4.72. The zero-order valence-electron chi connectivity index (χ0n) is 14.8. The van der Waals surface area contributed by atoms with E-state index in [-0.39, 0.29) is 5.91 Å². The number of aromatic nitrogens is 2. The second kappa shape index (κ2) is 7.38. The van der Waals surface area contributed by atoms with Gasteiger partial charge in [0, 0.05) is 18.9 Å². The maximum absolute atomic E-state index is 13.2. The lowest BCUT2D eigenvalue weighted by Crippen LogP contribution is -2.28. The SMILES string of the molecule is CCn1ccnc1SCC(=O)N1c2ccccc2CCc2ccccc21. The third kappa shape index (κ3) is 3.15. The van der Waals surface area contributed by atoms with E-state index in [0.717, 1.165) is 35.9 Å². The van der Waals surface area contributed by atoms with Crippen molar-refractivity contribution >= 4 is 29.0 Å². The van der Waals surface area contributed by atoms with E-state index in [0.29, 0.717) is 5.75 Å². The van der Waals surface area contributed by atoms with Crippen molar-refractivity contribution in [2.45, 2.75) is 31.5 Å². The maximum Gasteiger partial charge on any atom is 0.242 e. The van der Waals surface area contributed by atoms with Crippen LogP contribution >= 0.6 is 11.8 Å². The van der Waals surface area contributed by atoms with Crippen LogP contribution in [0.25, 0.3) is 0 Å². The van der Waals surface area contributed by atoms with Gasteiger partial charge in [0.25, 0.3) is 0 Å². The van der Waals surface area contributed by atoms with Crippen LogP contribution in [0.1, 0.15) is 18.1 Å². The maximum atomic E-state index is 13.2.